The van der Waals surface area contributed by atoms with Gasteiger partial charge in [-0.2, -0.15) is 0 Å². The number of carbonyl (C=O) groups is 1. The number of benzene rings is 1. The second-order valence-corrected chi connectivity index (χ2v) is 4.23. The fraction of sp³-hybridized carbons (Fsp3) is 0.286. The Hall–Kier alpha value is -2.10. The van der Waals surface area contributed by atoms with E-state index in [1.54, 1.807) is 0 Å². The van der Waals surface area contributed by atoms with Crippen LogP contribution in [0.2, 0.25) is 0 Å². The Morgan fingerprint density at radius 3 is 2.61 bits per heavy atom. The summed E-state index contributed by atoms with van der Waals surface area (Å²) in [6, 6.07) is 9.42. The van der Waals surface area contributed by atoms with E-state index >= 15 is 0 Å². The standard InChI is InChI=1S/C14H16N2O2/c1-10-11(2)16-18-13(10)8-9-14(17)15-12-6-4-3-5-7-12/h3-7H,8-9H2,1-2H3,(H,15,17). The molecular formula is C14H16N2O2. The maximum Gasteiger partial charge on any atom is 0.224 e. The van der Waals surface area contributed by atoms with Crippen LogP contribution in [0.4, 0.5) is 5.69 Å². The fourth-order valence-corrected chi connectivity index (χ4v) is 1.67. The minimum absolute atomic E-state index is 0.0188. The largest absolute Gasteiger partial charge is 0.361 e. The molecule has 1 aromatic carbocycles. The molecule has 4 nitrogen and oxygen atoms in total. The summed E-state index contributed by atoms with van der Waals surface area (Å²) in [4.78, 5) is 11.7. The van der Waals surface area contributed by atoms with E-state index in [4.69, 9.17) is 4.52 Å². The number of hydrogen-bond donors (Lipinski definition) is 1. The van der Waals surface area contributed by atoms with Crippen molar-refractivity contribution in [3.8, 4) is 0 Å². The monoisotopic (exact) mass is 244 g/mol. The highest BCUT2D eigenvalue weighted by molar-refractivity contribution is 5.90. The minimum atomic E-state index is -0.0188. The molecule has 1 N–H and O–H groups in total. The Bertz CT molecular complexity index is 532. The lowest BCUT2D eigenvalue weighted by atomic mass is 10.1. The van der Waals surface area contributed by atoms with Crippen LogP contribution in [0.1, 0.15) is 23.4 Å². The molecule has 0 radical (unpaired) electrons. The first-order chi connectivity index (χ1) is 8.66. The molecule has 1 amide bonds. The minimum Gasteiger partial charge on any atom is -0.361 e. The quantitative estimate of drug-likeness (QED) is 0.899. The first kappa shape index (κ1) is 12.4. The lowest BCUT2D eigenvalue weighted by Gasteiger charge is -2.03. The molecule has 1 heterocycles. The van der Waals surface area contributed by atoms with Crippen LogP contribution < -0.4 is 5.32 Å². The van der Waals surface area contributed by atoms with E-state index in [2.05, 4.69) is 10.5 Å². The van der Waals surface area contributed by atoms with Crippen molar-refractivity contribution < 1.29 is 9.32 Å². The fourth-order valence-electron chi connectivity index (χ4n) is 1.67. The van der Waals surface area contributed by atoms with Crippen molar-refractivity contribution in [1.82, 2.24) is 5.16 Å². The maximum absolute atomic E-state index is 11.7. The number of carbonyl (C=O) groups excluding carboxylic acids is 1. The summed E-state index contributed by atoms with van der Waals surface area (Å²) in [5.41, 5.74) is 2.73. The van der Waals surface area contributed by atoms with Crippen LogP contribution in [0.3, 0.4) is 0 Å². The number of anilines is 1. The third kappa shape index (κ3) is 2.97. The molecule has 0 aliphatic rings. The average molecular weight is 244 g/mol. The van der Waals surface area contributed by atoms with Gasteiger partial charge < -0.3 is 9.84 Å². The van der Waals surface area contributed by atoms with Gasteiger partial charge in [-0.1, -0.05) is 23.4 Å². The maximum atomic E-state index is 11.7. The second-order valence-electron chi connectivity index (χ2n) is 4.23. The number of nitrogens with zero attached hydrogens (tertiary/aromatic N) is 1. The van der Waals surface area contributed by atoms with E-state index in [-0.39, 0.29) is 5.91 Å². The Kier molecular flexibility index (Phi) is 3.77. The van der Waals surface area contributed by atoms with Crippen molar-refractivity contribution in [2.75, 3.05) is 5.32 Å². The van der Waals surface area contributed by atoms with Gasteiger partial charge in [-0.15, -0.1) is 0 Å². The van der Waals surface area contributed by atoms with Crippen molar-refractivity contribution in [3.05, 3.63) is 47.3 Å². The molecule has 0 atom stereocenters. The van der Waals surface area contributed by atoms with Gasteiger partial charge in [-0.3, -0.25) is 4.79 Å². The number of para-hydroxylation sites is 1. The number of hydrogen-bond acceptors (Lipinski definition) is 3. The van der Waals surface area contributed by atoms with Gasteiger partial charge in [0.15, 0.2) is 0 Å². The zero-order chi connectivity index (χ0) is 13.0. The molecule has 1 aromatic heterocycles. The van der Waals surface area contributed by atoms with Crippen LogP contribution in [0, 0.1) is 13.8 Å². The molecule has 18 heavy (non-hydrogen) atoms. The predicted octanol–water partition coefficient (Wildman–Crippen LogP) is 2.86. The molecule has 0 aliphatic carbocycles. The molecular weight excluding hydrogens is 228 g/mol. The number of nitrogens with one attached hydrogen (secondary N) is 1. The van der Waals surface area contributed by atoms with Crippen LogP contribution in [0.25, 0.3) is 0 Å². The summed E-state index contributed by atoms with van der Waals surface area (Å²) in [5, 5.41) is 6.71. The number of rotatable bonds is 4. The lowest BCUT2D eigenvalue weighted by molar-refractivity contribution is -0.116. The molecule has 0 bridgehead atoms. The van der Waals surface area contributed by atoms with Crippen LogP contribution in [-0.4, -0.2) is 11.1 Å². The van der Waals surface area contributed by atoms with Crippen molar-refractivity contribution >= 4 is 11.6 Å². The van der Waals surface area contributed by atoms with Gasteiger partial charge in [0, 0.05) is 24.1 Å². The van der Waals surface area contributed by atoms with Crippen molar-refractivity contribution in [1.29, 1.82) is 0 Å². The highest BCUT2D eigenvalue weighted by Gasteiger charge is 2.10. The highest BCUT2D eigenvalue weighted by atomic mass is 16.5. The van der Waals surface area contributed by atoms with E-state index in [1.165, 1.54) is 0 Å². The first-order valence-corrected chi connectivity index (χ1v) is 5.93. The number of amides is 1. The van der Waals surface area contributed by atoms with Crippen molar-refractivity contribution in [3.63, 3.8) is 0 Å². The zero-order valence-electron chi connectivity index (χ0n) is 10.6. The Morgan fingerprint density at radius 1 is 1.28 bits per heavy atom. The highest BCUT2D eigenvalue weighted by Crippen LogP contribution is 2.14. The van der Waals surface area contributed by atoms with Gasteiger partial charge in [0.2, 0.25) is 5.91 Å². The molecule has 0 aliphatic heterocycles. The number of aromatic nitrogens is 1. The van der Waals surface area contributed by atoms with E-state index < -0.39 is 0 Å². The van der Waals surface area contributed by atoms with E-state index in [0.717, 1.165) is 22.7 Å². The summed E-state index contributed by atoms with van der Waals surface area (Å²) in [6.07, 6.45) is 0.968. The van der Waals surface area contributed by atoms with E-state index in [0.29, 0.717) is 12.8 Å². The summed E-state index contributed by atoms with van der Waals surface area (Å²) in [6.45, 7) is 3.85. The van der Waals surface area contributed by atoms with E-state index in [9.17, 15) is 4.79 Å². The molecule has 0 spiro atoms. The van der Waals surface area contributed by atoms with Gasteiger partial charge in [0.25, 0.3) is 0 Å². The van der Waals surface area contributed by atoms with Crippen molar-refractivity contribution in [2.45, 2.75) is 26.7 Å². The molecule has 0 saturated heterocycles. The SMILES string of the molecule is Cc1noc(CCC(=O)Nc2ccccc2)c1C. The van der Waals surface area contributed by atoms with Gasteiger partial charge in [-0.25, -0.2) is 0 Å². The average Bonchev–Trinajstić information content (AvgIpc) is 2.69. The summed E-state index contributed by atoms with van der Waals surface area (Å²) >= 11 is 0. The molecule has 94 valence electrons. The van der Waals surface area contributed by atoms with E-state index in [1.807, 2.05) is 44.2 Å². The molecule has 0 fully saturated rings. The first-order valence-electron chi connectivity index (χ1n) is 5.93. The topological polar surface area (TPSA) is 55.1 Å². The molecule has 4 heteroatoms. The second kappa shape index (κ2) is 5.49. The third-order valence-corrected chi connectivity index (χ3v) is 2.89. The summed E-state index contributed by atoms with van der Waals surface area (Å²) in [7, 11) is 0. The van der Waals surface area contributed by atoms with Gasteiger partial charge in [-0.05, 0) is 26.0 Å². The molecule has 0 saturated carbocycles. The predicted molar refractivity (Wildman–Crippen MR) is 69.4 cm³/mol. The van der Waals surface area contributed by atoms with Crippen LogP contribution in [0.5, 0.6) is 0 Å². The van der Waals surface area contributed by atoms with Gasteiger partial charge in [0.1, 0.15) is 5.76 Å². The molecule has 2 aromatic rings. The Labute approximate surface area is 106 Å². The summed E-state index contributed by atoms with van der Waals surface area (Å²) < 4.78 is 5.17. The van der Waals surface area contributed by atoms with Crippen LogP contribution in [-0.2, 0) is 11.2 Å². The molecule has 2 rings (SSSR count). The van der Waals surface area contributed by atoms with Crippen LogP contribution >= 0.6 is 0 Å². The Morgan fingerprint density at radius 2 is 2.00 bits per heavy atom. The van der Waals surface area contributed by atoms with Crippen molar-refractivity contribution in [2.24, 2.45) is 0 Å². The third-order valence-electron chi connectivity index (χ3n) is 2.89. The van der Waals surface area contributed by atoms with Crippen LogP contribution in [0.15, 0.2) is 34.9 Å². The van der Waals surface area contributed by atoms with Gasteiger partial charge >= 0.3 is 0 Å². The smallest absolute Gasteiger partial charge is 0.224 e. The molecule has 0 unspecified atom stereocenters. The van der Waals surface area contributed by atoms with Gasteiger partial charge in [0.05, 0.1) is 5.69 Å². The summed E-state index contributed by atoms with van der Waals surface area (Å²) in [5.74, 6) is 0.769. The zero-order valence-corrected chi connectivity index (χ0v) is 10.6. The Balaban J connectivity index is 1.87. The number of aryl methyl sites for hydroxylation is 2. The normalized spacial score (nSPS) is 10.3. The lowest BCUT2D eigenvalue weighted by Crippen LogP contribution is -2.12.